The SMILES string of the molecule is CC(C)[C@H](CC(=O)C1(NC(=O)[C@@H]2CCCO2)CCCCC1)C(=O)C(=O)C[C@H]1CCCCNC1=O. The molecule has 190 valence electrons. The number of ether oxygens (including phenoxy) is 1. The van der Waals surface area contributed by atoms with Crippen LogP contribution in [0.4, 0.5) is 0 Å². The lowest BCUT2D eigenvalue weighted by atomic mass is 9.73. The maximum Gasteiger partial charge on any atom is 0.249 e. The van der Waals surface area contributed by atoms with Gasteiger partial charge in [0.2, 0.25) is 17.6 Å². The molecule has 0 spiro atoms. The van der Waals surface area contributed by atoms with Crippen molar-refractivity contribution >= 4 is 29.2 Å². The number of rotatable bonds is 10. The molecule has 8 heteroatoms. The van der Waals surface area contributed by atoms with Crippen molar-refractivity contribution in [3.8, 4) is 0 Å². The van der Waals surface area contributed by atoms with Crippen molar-refractivity contribution < 1.29 is 28.7 Å². The highest BCUT2D eigenvalue weighted by Crippen LogP contribution is 2.33. The second-order valence-corrected chi connectivity index (χ2v) is 10.6. The van der Waals surface area contributed by atoms with E-state index in [0.29, 0.717) is 38.8 Å². The standard InChI is InChI=1S/C26H40N2O6/c1-17(2)19(23(31)20(29)15-18-9-4-7-13-27-24(18)32)16-22(30)26(11-5-3-6-12-26)28-25(33)21-10-8-14-34-21/h17-19,21H,3-16H2,1-2H3,(H,27,32)(H,28,33)/t18-,19+,21+/m1/s1. The normalized spacial score (nSPS) is 25.8. The zero-order chi connectivity index (χ0) is 24.7. The van der Waals surface area contributed by atoms with Crippen LogP contribution in [0.25, 0.3) is 0 Å². The fraction of sp³-hybridized carbons (Fsp3) is 0.808. The van der Waals surface area contributed by atoms with E-state index in [1.54, 1.807) is 0 Å². The lowest BCUT2D eigenvalue weighted by molar-refractivity contribution is -0.144. The van der Waals surface area contributed by atoms with E-state index < -0.39 is 35.0 Å². The van der Waals surface area contributed by atoms with E-state index in [2.05, 4.69) is 10.6 Å². The van der Waals surface area contributed by atoms with E-state index in [-0.39, 0.29) is 36.4 Å². The van der Waals surface area contributed by atoms with Crippen molar-refractivity contribution in [3.63, 3.8) is 0 Å². The minimum Gasteiger partial charge on any atom is -0.368 e. The maximum atomic E-state index is 13.6. The van der Waals surface area contributed by atoms with Gasteiger partial charge in [-0.25, -0.2) is 0 Å². The van der Waals surface area contributed by atoms with Crippen molar-refractivity contribution in [2.75, 3.05) is 13.2 Å². The number of amides is 2. The third-order valence-corrected chi connectivity index (χ3v) is 7.73. The predicted molar refractivity (Wildman–Crippen MR) is 126 cm³/mol. The largest absolute Gasteiger partial charge is 0.368 e. The van der Waals surface area contributed by atoms with Gasteiger partial charge in [-0.05, 0) is 44.4 Å². The minimum atomic E-state index is -1.00. The van der Waals surface area contributed by atoms with Crippen molar-refractivity contribution in [1.29, 1.82) is 0 Å². The molecule has 1 aliphatic carbocycles. The van der Waals surface area contributed by atoms with Crippen LogP contribution in [-0.4, -0.2) is 54.0 Å². The Morgan fingerprint density at radius 2 is 1.76 bits per heavy atom. The van der Waals surface area contributed by atoms with Gasteiger partial charge in [0.05, 0.1) is 5.54 Å². The molecule has 3 rings (SSSR count). The summed E-state index contributed by atoms with van der Waals surface area (Å²) in [6, 6.07) is 0. The Hall–Kier alpha value is -2.09. The summed E-state index contributed by atoms with van der Waals surface area (Å²) < 4.78 is 5.51. The average molecular weight is 477 g/mol. The van der Waals surface area contributed by atoms with Gasteiger partial charge in [-0.2, -0.15) is 0 Å². The van der Waals surface area contributed by atoms with Gasteiger partial charge in [-0.15, -0.1) is 0 Å². The van der Waals surface area contributed by atoms with Crippen LogP contribution in [0.2, 0.25) is 0 Å². The Balaban J connectivity index is 1.69. The summed E-state index contributed by atoms with van der Waals surface area (Å²) in [5.41, 5.74) is -1.00. The van der Waals surface area contributed by atoms with Crippen LogP contribution in [0.3, 0.4) is 0 Å². The molecule has 0 aromatic heterocycles. The highest BCUT2D eigenvalue weighted by atomic mass is 16.5. The molecule has 2 saturated heterocycles. The summed E-state index contributed by atoms with van der Waals surface area (Å²) in [7, 11) is 0. The Morgan fingerprint density at radius 1 is 1.03 bits per heavy atom. The summed E-state index contributed by atoms with van der Waals surface area (Å²) in [5, 5.41) is 5.81. The van der Waals surface area contributed by atoms with Crippen LogP contribution in [0.5, 0.6) is 0 Å². The molecule has 34 heavy (non-hydrogen) atoms. The van der Waals surface area contributed by atoms with Crippen molar-refractivity contribution in [2.45, 2.75) is 103 Å². The summed E-state index contributed by atoms with van der Waals surface area (Å²) in [4.78, 5) is 64.7. The monoisotopic (exact) mass is 476 g/mol. The van der Waals surface area contributed by atoms with E-state index in [4.69, 9.17) is 4.74 Å². The van der Waals surface area contributed by atoms with E-state index in [9.17, 15) is 24.0 Å². The van der Waals surface area contributed by atoms with Crippen LogP contribution in [0.1, 0.15) is 90.9 Å². The first-order valence-electron chi connectivity index (χ1n) is 13.0. The zero-order valence-electron chi connectivity index (χ0n) is 20.7. The van der Waals surface area contributed by atoms with E-state index in [0.717, 1.165) is 38.5 Å². The molecule has 2 amide bonds. The van der Waals surface area contributed by atoms with Gasteiger partial charge in [0.15, 0.2) is 11.6 Å². The van der Waals surface area contributed by atoms with Crippen molar-refractivity contribution in [3.05, 3.63) is 0 Å². The molecule has 2 N–H and O–H groups in total. The Morgan fingerprint density at radius 3 is 2.41 bits per heavy atom. The molecular formula is C26H40N2O6. The Bertz CT molecular complexity index is 780. The number of carbonyl (C=O) groups excluding carboxylic acids is 5. The highest BCUT2D eigenvalue weighted by molar-refractivity contribution is 6.38. The third kappa shape index (κ3) is 6.52. The first-order chi connectivity index (χ1) is 16.2. The molecule has 2 aliphatic heterocycles. The lowest BCUT2D eigenvalue weighted by Crippen LogP contribution is -2.58. The Kier molecular flexibility index (Phi) is 9.39. The summed E-state index contributed by atoms with van der Waals surface area (Å²) in [6.07, 6.45) is 6.79. The smallest absolute Gasteiger partial charge is 0.249 e. The molecule has 0 unspecified atom stereocenters. The van der Waals surface area contributed by atoms with Crippen LogP contribution >= 0.6 is 0 Å². The predicted octanol–water partition coefficient (Wildman–Crippen LogP) is 2.66. The molecule has 3 aliphatic rings. The molecule has 0 aromatic carbocycles. The van der Waals surface area contributed by atoms with Gasteiger partial charge >= 0.3 is 0 Å². The van der Waals surface area contributed by atoms with Gasteiger partial charge in [0, 0.05) is 37.8 Å². The highest BCUT2D eigenvalue weighted by Gasteiger charge is 2.44. The van der Waals surface area contributed by atoms with Crippen LogP contribution in [-0.2, 0) is 28.7 Å². The van der Waals surface area contributed by atoms with Gasteiger partial charge in [0.25, 0.3) is 0 Å². The summed E-state index contributed by atoms with van der Waals surface area (Å²) in [5.74, 6) is -3.20. The summed E-state index contributed by atoms with van der Waals surface area (Å²) >= 11 is 0. The molecule has 3 fully saturated rings. The van der Waals surface area contributed by atoms with E-state index in [1.807, 2.05) is 13.8 Å². The fourth-order valence-corrected chi connectivity index (χ4v) is 5.48. The van der Waals surface area contributed by atoms with Crippen LogP contribution in [0.15, 0.2) is 0 Å². The number of Topliss-reactive ketones (excluding diaryl/α,β-unsaturated/α-hetero) is 3. The van der Waals surface area contributed by atoms with Gasteiger partial charge in [0.1, 0.15) is 6.10 Å². The second-order valence-electron chi connectivity index (χ2n) is 10.6. The first-order valence-corrected chi connectivity index (χ1v) is 13.0. The second kappa shape index (κ2) is 12.0. The maximum absolute atomic E-state index is 13.6. The van der Waals surface area contributed by atoms with Crippen LogP contribution < -0.4 is 10.6 Å². The summed E-state index contributed by atoms with van der Waals surface area (Å²) in [6.45, 7) is 4.81. The third-order valence-electron chi connectivity index (χ3n) is 7.73. The van der Waals surface area contributed by atoms with Crippen molar-refractivity contribution in [1.82, 2.24) is 10.6 Å². The topological polar surface area (TPSA) is 119 Å². The average Bonchev–Trinajstić information content (AvgIpc) is 3.29. The molecule has 8 nitrogen and oxygen atoms in total. The van der Waals surface area contributed by atoms with Crippen LogP contribution in [0, 0.1) is 17.8 Å². The van der Waals surface area contributed by atoms with Gasteiger partial charge in [-0.3, -0.25) is 24.0 Å². The zero-order valence-corrected chi connectivity index (χ0v) is 20.7. The minimum absolute atomic E-state index is 0.0785. The molecule has 0 bridgehead atoms. The number of carbonyl (C=O) groups is 5. The Labute approximate surface area is 202 Å². The van der Waals surface area contributed by atoms with Gasteiger partial charge in [-0.1, -0.05) is 39.5 Å². The van der Waals surface area contributed by atoms with E-state index in [1.165, 1.54) is 0 Å². The quantitative estimate of drug-likeness (QED) is 0.468. The van der Waals surface area contributed by atoms with Crippen molar-refractivity contribution in [2.24, 2.45) is 17.8 Å². The first kappa shape index (κ1) is 26.5. The number of nitrogens with one attached hydrogen (secondary N) is 2. The molecule has 0 aromatic rings. The molecule has 0 radical (unpaired) electrons. The molecule has 2 heterocycles. The number of hydrogen-bond acceptors (Lipinski definition) is 6. The molecule has 3 atom stereocenters. The molecule has 1 saturated carbocycles. The van der Waals surface area contributed by atoms with E-state index >= 15 is 0 Å². The number of ketones is 3. The molecular weight excluding hydrogens is 436 g/mol. The van der Waals surface area contributed by atoms with Gasteiger partial charge < -0.3 is 15.4 Å². The number of hydrogen-bond donors (Lipinski definition) is 2. The fourth-order valence-electron chi connectivity index (χ4n) is 5.48. The lowest BCUT2D eigenvalue weighted by Gasteiger charge is -2.38.